The minimum absolute atomic E-state index is 0.0507. The van der Waals surface area contributed by atoms with Crippen molar-refractivity contribution in [1.29, 1.82) is 0 Å². The zero-order valence-corrected chi connectivity index (χ0v) is 15.3. The summed E-state index contributed by atoms with van der Waals surface area (Å²) >= 11 is 0. The van der Waals surface area contributed by atoms with E-state index in [0.717, 1.165) is 0 Å². The summed E-state index contributed by atoms with van der Waals surface area (Å²) in [7, 11) is -1.62. The third-order valence-electron chi connectivity index (χ3n) is 4.12. The molecule has 0 saturated carbocycles. The highest BCUT2D eigenvalue weighted by atomic mass is 32.2. The van der Waals surface area contributed by atoms with Gasteiger partial charge in [0.2, 0.25) is 0 Å². The van der Waals surface area contributed by atoms with Gasteiger partial charge in [-0.15, -0.1) is 0 Å². The van der Waals surface area contributed by atoms with Gasteiger partial charge in [-0.3, -0.25) is 4.79 Å². The maximum Gasteiger partial charge on any atom is 0.338 e. The molecule has 1 aliphatic rings. The third-order valence-corrected chi connectivity index (χ3v) is 5.87. The average Bonchev–Trinajstić information content (AvgIpc) is 2.93. The molecule has 10 heteroatoms. The Bertz CT molecular complexity index is 806. The number of carbonyl (C=O) groups excluding carboxylic acids is 3. The minimum atomic E-state index is -3.12. The average molecular weight is 383 g/mol. The van der Waals surface area contributed by atoms with Crippen LogP contribution in [0.1, 0.15) is 23.7 Å². The second-order valence-corrected chi connectivity index (χ2v) is 8.35. The number of rotatable bonds is 5. The van der Waals surface area contributed by atoms with Gasteiger partial charge in [-0.2, -0.15) is 0 Å². The Labute approximate surface area is 151 Å². The second-order valence-electron chi connectivity index (χ2n) is 6.12. The molecule has 0 bridgehead atoms. The van der Waals surface area contributed by atoms with Gasteiger partial charge in [0.15, 0.2) is 15.9 Å². The van der Waals surface area contributed by atoms with Crippen molar-refractivity contribution in [3.63, 3.8) is 0 Å². The molecule has 0 radical (unpaired) electrons. The smallest absolute Gasteiger partial charge is 0.338 e. The number of ether oxygens (including phenoxy) is 1. The number of likely N-dealkylation sites (N-methyl/N-ethyl adjacent to an activating group) is 1. The molecule has 1 aromatic rings. The summed E-state index contributed by atoms with van der Waals surface area (Å²) in [5.74, 6) is -1.20. The number of nitrogens with one attached hydrogen (secondary N) is 1. The van der Waals surface area contributed by atoms with Gasteiger partial charge in [0.25, 0.3) is 5.91 Å². The van der Waals surface area contributed by atoms with E-state index in [2.05, 4.69) is 5.32 Å². The normalized spacial score (nSPS) is 19.4. The Hall–Kier alpha value is -2.62. The molecule has 26 heavy (non-hydrogen) atoms. The summed E-state index contributed by atoms with van der Waals surface area (Å²) in [5, 5.41) is 2.36. The number of hydrogen-bond donors (Lipinski definition) is 2. The number of sulfone groups is 1. The fourth-order valence-electron chi connectivity index (χ4n) is 2.66. The lowest BCUT2D eigenvalue weighted by molar-refractivity contribution is -0.140. The predicted molar refractivity (Wildman–Crippen MR) is 94.4 cm³/mol. The van der Waals surface area contributed by atoms with Crippen molar-refractivity contribution in [2.75, 3.05) is 23.9 Å². The number of nitrogens with two attached hydrogens (primary N) is 1. The molecule has 1 aromatic carbocycles. The Kier molecular flexibility index (Phi) is 5.86. The molecule has 3 amide bonds. The van der Waals surface area contributed by atoms with E-state index in [9.17, 15) is 22.8 Å². The van der Waals surface area contributed by atoms with Crippen molar-refractivity contribution in [3.05, 3.63) is 29.8 Å². The van der Waals surface area contributed by atoms with Gasteiger partial charge in [-0.25, -0.2) is 18.0 Å². The lowest BCUT2D eigenvalue weighted by Gasteiger charge is -2.26. The zero-order chi connectivity index (χ0) is 19.5. The van der Waals surface area contributed by atoms with E-state index in [1.807, 2.05) is 0 Å². The van der Waals surface area contributed by atoms with Crippen LogP contribution in [-0.4, -0.2) is 61.9 Å². The maximum absolute atomic E-state index is 12.4. The van der Waals surface area contributed by atoms with Crippen LogP contribution in [0.2, 0.25) is 0 Å². The quantitative estimate of drug-likeness (QED) is 0.705. The van der Waals surface area contributed by atoms with Crippen molar-refractivity contribution < 1.29 is 27.5 Å². The standard InChI is InChI=1S/C16H21N3O6S/c1-10(14(20)19(2)13-7-8-26(23,24)9-13)25-15(21)11-3-5-12(6-4-11)18-16(17)22/h3-6,10,13H,7-9H2,1-2H3,(H3,17,18,22)/t10-,13+/m0/s1. The first-order valence-corrected chi connectivity index (χ1v) is 9.76. The Morgan fingerprint density at radius 1 is 1.27 bits per heavy atom. The van der Waals surface area contributed by atoms with Crippen LogP contribution < -0.4 is 11.1 Å². The van der Waals surface area contributed by atoms with E-state index in [1.54, 1.807) is 0 Å². The third kappa shape index (κ3) is 4.94. The van der Waals surface area contributed by atoms with Crippen LogP contribution in [0, 0.1) is 0 Å². The highest BCUT2D eigenvalue weighted by molar-refractivity contribution is 7.91. The van der Waals surface area contributed by atoms with E-state index < -0.39 is 39.9 Å². The maximum atomic E-state index is 12.4. The number of primary amides is 1. The molecular formula is C16H21N3O6S. The fraction of sp³-hybridized carbons (Fsp3) is 0.438. The first-order chi connectivity index (χ1) is 12.1. The summed E-state index contributed by atoms with van der Waals surface area (Å²) in [6.45, 7) is 1.43. The van der Waals surface area contributed by atoms with Crippen molar-refractivity contribution in [2.45, 2.75) is 25.5 Å². The number of esters is 1. The van der Waals surface area contributed by atoms with Crippen LogP contribution in [0.5, 0.6) is 0 Å². The number of nitrogens with zero attached hydrogens (tertiary/aromatic N) is 1. The van der Waals surface area contributed by atoms with Crippen molar-refractivity contribution in [1.82, 2.24) is 4.90 Å². The van der Waals surface area contributed by atoms with Crippen LogP contribution in [0.15, 0.2) is 24.3 Å². The highest BCUT2D eigenvalue weighted by Crippen LogP contribution is 2.18. The molecule has 0 spiro atoms. The molecular weight excluding hydrogens is 362 g/mol. The zero-order valence-electron chi connectivity index (χ0n) is 14.5. The summed E-state index contributed by atoms with van der Waals surface area (Å²) < 4.78 is 28.2. The van der Waals surface area contributed by atoms with Gasteiger partial charge in [-0.05, 0) is 37.6 Å². The van der Waals surface area contributed by atoms with E-state index in [1.165, 1.54) is 43.1 Å². The molecule has 2 atom stereocenters. The molecule has 0 aliphatic carbocycles. The lowest BCUT2D eigenvalue weighted by Crippen LogP contribution is -2.44. The van der Waals surface area contributed by atoms with Crippen LogP contribution >= 0.6 is 0 Å². The summed E-state index contributed by atoms with van der Waals surface area (Å²) in [4.78, 5) is 36.6. The van der Waals surface area contributed by atoms with E-state index in [-0.39, 0.29) is 17.1 Å². The topological polar surface area (TPSA) is 136 Å². The van der Waals surface area contributed by atoms with Crippen molar-refractivity contribution in [3.8, 4) is 0 Å². The number of benzene rings is 1. The van der Waals surface area contributed by atoms with Crippen LogP contribution in [0.4, 0.5) is 10.5 Å². The van der Waals surface area contributed by atoms with Gasteiger partial charge in [0, 0.05) is 18.8 Å². The summed E-state index contributed by atoms with van der Waals surface area (Å²) in [6.07, 6.45) is -0.682. The summed E-state index contributed by atoms with van der Waals surface area (Å²) in [5.41, 5.74) is 5.61. The number of anilines is 1. The van der Waals surface area contributed by atoms with Gasteiger partial charge in [0.1, 0.15) is 0 Å². The van der Waals surface area contributed by atoms with Crippen molar-refractivity contribution >= 4 is 33.4 Å². The van der Waals surface area contributed by atoms with Gasteiger partial charge in [0.05, 0.1) is 17.1 Å². The molecule has 1 fully saturated rings. The van der Waals surface area contributed by atoms with Gasteiger partial charge >= 0.3 is 12.0 Å². The SMILES string of the molecule is C[C@H](OC(=O)c1ccc(NC(N)=O)cc1)C(=O)N(C)[C@@H]1CCS(=O)(=O)C1. The number of urea groups is 1. The summed E-state index contributed by atoms with van der Waals surface area (Å²) in [6, 6.07) is 4.67. The molecule has 0 unspecified atom stereocenters. The molecule has 9 nitrogen and oxygen atoms in total. The Morgan fingerprint density at radius 2 is 1.88 bits per heavy atom. The van der Waals surface area contributed by atoms with Gasteiger partial charge in [-0.1, -0.05) is 0 Å². The van der Waals surface area contributed by atoms with E-state index >= 15 is 0 Å². The van der Waals surface area contributed by atoms with Crippen molar-refractivity contribution in [2.24, 2.45) is 5.73 Å². The number of carbonyl (C=O) groups is 3. The molecule has 142 valence electrons. The lowest BCUT2D eigenvalue weighted by atomic mass is 10.2. The first kappa shape index (κ1) is 19.7. The highest BCUT2D eigenvalue weighted by Gasteiger charge is 2.35. The number of amides is 3. The first-order valence-electron chi connectivity index (χ1n) is 7.93. The van der Waals surface area contributed by atoms with Crippen LogP contribution in [0.3, 0.4) is 0 Å². The fourth-order valence-corrected chi connectivity index (χ4v) is 4.43. The molecule has 1 saturated heterocycles. The van der Waals surface area contributed by atoms with Crippen LogP contribution in [0.25, 0.3) is 0 Å². The Balaban J connectivity index is 1.95. The monoisotopic (exact) mass is 383 g/mol. The largest absolute Gasteiger partial charge is 0.449 e. The molecule has 1 heterocycles. The minimum Gasteiger partial charge on any atom is -0.449 e. The predicted octanol–water partition coefficient (Wildman–Crippen LogP) is 0.368. The molecule has 1 aliphatic heterocycles. The molecule has 0 aromatic heterocycles. The Morgan fingerprint density at radius 3 is 2.38 bits per heavy atom. The molecule has 2 rings (SSSR count). The van der Waals surface area contributed by atoms with E-state index in [4.69, 9.17) is 10.5 Å². The van der Waals surface area contributed by atoms with E-state index in [0.29, 0.717) is 12.1 Å². The molecule has 3 N–H and O–H groups in total. The number of hydrogen-bond acceptors (Lipinski definition) is 6. The van der Waals surface area contributed by atoms with Crippen LogP contribution in [-0.2, 0) is 19.4 Å². The van der Waals surface area contributed by atoms with Gasteiger partial charge < -0.3 is 20.7 Å². The second kappa shape index (κ2) is 7.73.